The topological polar surface area (TPSA) is 65.5 Å². The maximum atomic E-state index is 11.8. The van der Waals surface area contributed by atoms with Crippen molar-refractivity contribution in [1.82, 2.24) is 4.98 Å². The number of esters is 1. The van der Waals surface area contributed by atoms with Crippen molar-refractivity contribution in [3.63, 3.8) is 0 Å². The van der Waals surface area contributed by atoms with Crippen LogP contribution in [0, 0.1) is 0 Å². The highest BCUT2D eigenvalue weighted by atomic mass is 79.9. The van der Waals surface area contributed by atoms with E-state index in [-0.39, 0.29) is 12.5 Å². The summed E-state index contributed by atoms with van der Waals surface area (Å²) in [7, 11) is 0. The zero-order chi connectivity index (χ0) is 11.7. The average Bonchev–Trinajstić information content (AvgIpc) is 2.57. The lowest BCUT2D eigenvalue weighted by molar-refractivity contribution is -0.148. The first kappa shape index (κ1) is 11.1. The number of rotatable bonds is 2. The second-order valence-corrected chi connectivity index (χ2v) is 4.04. The predicted octanol–water partition coefficient (Wildman–Crippen LogP) is 1.35. The summed E-state index contributed by atoms with van der Waals surface area (Å²) in [6.07, 6.45) is 0.288. The Kier molecular flexibility index (Phi) is 2.91. The minimum Gasteiger partial charge on any atom is -0.463 e. The van der Waals surface area contributed by atoms with Gasteiger partial charge in [0.15, 0.2) is 0 Å². The van der Waals surface area contributed by atoms with E-state index in [0.717, 1.165) is 0 Å². The number of hydrogen-bond donors (Lipinski definition) is 0. The van der Waals surface area contributed by atoms with Gasteiger partial charge in [-0.05, 0) is 28.9 Å². The van der Waals surface area contributed by atoms with Crippen molar-refractivity contribution in [2.75, 3.05) is 6.61 Å². The van der Waals surface area contributed by atoms with Gasteiger partial charge in [0.1, 0.15) is 0 Å². The molecule has 16 heavy (non-hydrogen) atoms. The van der Waals surface area contributed by atoms with Gasteiger partial charge in [-0.25, -0.2) is 9.78 Å². The molecule has 6 heteroatoms. The summed E-state index contributed by atoms with van der Waals surface area (Å²) in [5, 5.41) is 0. The van der Waals surface area contributed by atoms with Gasteiger partial charge in [-0.3, -0.25) is 4.79 Å². The fraction of sp³-hybridized carbons (Fsp3) is 0.300. The van der Waals surface area contributed by atoms with Gasteiger partial charge in [0.2, 0.25) is 11.7 Å². The van der Waals surface area contributed by atoms with Gasteiger partial charge in [-0.1, -0.05) is 0 Å². The molecule has 0 saturated heterocycles. The van der Waals surface area contributed by atoms with E-state index in [9.17, 15) is 9.59 Å². The van der Waals surface area contributed by atoms with Gasteiger partial charge in [-0.15, -0.1) is 0 Å². The van der Waals surface area contributed by atoms with E-state index in [1.54, 1.807) is 13.0 Å². The molecule has 1 aliphatic rings. The lowest BCUT2D eigenvalue weighted by Crippen LogP contribution is -2.32. The first-order chi connectivity index (χ1) is 7.63. The van der Waals surface area contributed by atoms with Crippen LogP contribution >= 0.6 is 15.9 Å². The highest BCUT2D eigenvalue weighted by Gasteiger charge is 2.40. The van der Waals surface area contributed by atoms with Gasteiger partial charge in [0, 0.05) is 10.7 Å². The predicted molar refractivity (Wildman–Crippen MR) is 57.3 cm³/mol. The molecule has 0 bridgehead atoms. The molecule has 0 spiro atoms. The summed E-state index contributed by atoms with van der Waals surface area (Å²) in [6, 6.07) is 1.57. The Bertz CT molecular complexity index is 460. The molecular weight excluding hydrogens is 278 g/mol. The zero-order valence-corrected chi connectivity index (χ0v) is 9.98. The lowest BCUT2D eigenvalue weighted by atomic mass is 10.1. The molecule has 2 heterocycles. The van der Waals surface area contributed by atoms with Gasteiger partial charge in [0.05, 0.1) is 12.2 Å². The maximum Gasteiger partial charge on any atom is 0.355 e. The third-order valence-corrected chi connectivity index (χ3v) is 2.49. The average molecular weight is 286 g/mol. The largest absolute Gasteiger partial charge is 0.463 e. The van der Waals surface area contributed by atoms with Crippen LogP contribution in [-0.4, -0.2) is 29.4 Å². The molecule has 0 radical (unpaired) electrons. The lowest BCUT2D eigenvalue weighted by Gasteiger charge is -2.06. The van der Waals surface area contributed by atoms with Crippen molar-refractivity contribution in [2.24, 2.45) is 0 Å². The van der Waals surface area contributed by atoms with Gasteiger partial charge in [-0.2, -0.15) is 0 Å². The smallest absolute Gasteiger partial charge is 0.355 e. The Morgan fingerprint density at radius 2 is 2.44 bits per heavy atom. The fourth-order valence-electron chi connectivity index (χ4n) is 1.38. The van der Waals surface area contributed by atoms with Crippen LogP contribution in [0.2, 0.25) is 0 Å². The van der Waals surface area contributed by atoms with E-state index >= 15 is 0 Å². The summed E-state index contributed by atoms with van der Waals surface area (Å²) in [5.41, 5.74) is 0.299. The minimum absolute atomic E-state index is 0.172. The number of aromatic nitrogens is 1. The first-order valence-electron chi connectivity index (χ1n) is 4.66. The molecule has 1 atom stereocenters. The van der Waals surface area contributed by atoms with Crippen molar-refractivity contribution in [1.29, 1.82) is 0 Å². The Labute approximate surface area is 99.9 Å². The van der Waals surface area contributed by atoms with Crippen molar-refractivity contribution in [3.05, 3.63) is 22.3 Å². The first-order valence-corrected chi connectivity index (χ1v) is 5.46. The number of carbonyl (C=O) groups excluding carboxylic acids is 2. The van der Waals surface area contributed by atoms with Crippen LogP contribution in [0.1, 0.15) is 17.3 Å². The number of hydrogen-bond acceptors (Lipinski definition) is 5. The maximum absolute atomic E-state index is 11.8. The second-order valence-electron chi connectivity index (χ2n) is 3.12. The van der Waals surface area contributed by atoms with E-state index in [1.807, 2.05) is 0 Å². The number of Topliss-reactive ketones (excluding diaryl/α,β-unsaturated/α-hetero) is 1. The number of ether oxygens (including phenoxy) is 2. The van der Waals surface area contributed by atoms with E-state index < -0.39 is 17.9 Å². The standard InChI is InChI=1S/C10H8BrNO4/c1-2-15-10(14)8-7(13)6-3-5(11)4-12-9(6)16-8/h3-4,8H,2H2,1H3. The molecule has 1 aliphatic heterocycles. The zero-order valence-electron chi connectivity index (χ0n) is 8.40. The molecular formula is C10H8BrNO4. The third-order valence-electron chi connectivity index (χ3n) is 2.05. The van der Waals surface area contributed by atoms with Crippen LogP contribution in [0.15, 0.2) is 16.7 Å². The summed E-state index contributed by atoms with van der Waals surface area (Å²) in [5.74, 6) is -0.921. The van der Waals surface area contributed by atoms with Crippen LogP contribution in [0.5, 0.6) is 5.88 Å². The number of halogens is 1. The van der Waals surface area contributed by atoms with Crippen molar-refractivity contribution in [2.45, 2.75) is 13.0 Å². The van der Waals surface area contributed by atoms with E-state index in [2.05, 4.69) is 20.9 Å². The molecule has 0 saturated carbocycles. The molecule has 0 N–H and O–H groups in total. The van der Waals surface area contributed by atoms with Gasteiger partial charge >= 0.3 is 5.97 Å². The summed E-state index contributed by atoms with van der Waals surface area (Å²) in [4.78, 5) is 27.1. The van der Waals surface area contributed by atoms with Crippen LogP contribution in [0.3, 0.4) is 0 Å². The number of fused-ring (bicyclic) bond motifs is 1. The Balaban J connectivity index is 2.27. The van der Waals surface area contributed by atoms with Crippen molar-refractivity contribution < 1.29 is 19.1 Å². The molecule has 0 amide bonds. The summed E-state index contributed by atoms with van der Waals surface area (Å²) >= 11 is 3.19. The van der Waals surface area contributed by atoms with Crippen LogP contribution in [0.25, 0.3) is 0 Å². The fourth-order valence-corrected chi connectivity index (χ4v) is 1.71. The molecule has 1 aromatic heterocycles. The van der Waals surface area contributed by atoms with E-state index in [1.165, 1.54) is 6.20 Å². The number of nitrogens with zero attached hydrogens (tertiary/aromatic N) is 1. The molecule has 84 valence electrons. The van der Waals surface area contributed by atoms with Gasteiger partial charge < -0.3 is 9.47 Å². The molecule has 0 aromatic carbocycles. The van der Waals surface area contributed by atoms with E-state index in [4.69, 9.17) is 9.47 Å². The Morgan fingerprint density at radius 1 is 1.69 bits per heavy atom. The Morgan fingerprint density at radius 3 is 3.12 bits per heavy atom. The number of carbonyl (C=O) groups is 2. The molecule has 2 rings (SSSR count). The molecule has 1 aromatic rings. The summed E-state index contributed by atoms with van der Waals surface area (Å²) in [6.45, 7) is 1.87. The molecule has 0 fully saturated rings. The normalized spacial score (nSPS) is 17.9. The summed E-state index contributed by atoms with van der Waals surface area (Å²) < 4.78 is 10.5. The van der Waals surface area contributed by atoms with E-state index in [0.29, 0.717) is 10.0 Å². The monoisotopic (exact) mass is 285 g/mol. The number of pyridine rings is 1. The highest BCUT2D eigenvalue weighted by molar-refractivity contribution is 9.10. The molecule has 5 nitrogen and oxygen atoms in total. The minimum atomic E-state index is -1.21. The van der Waals surface area contributed by atoms with Crippen molar-refractivity contribution in [3.8, 4) is 5.88 Å². The highest BCUT2D eigenvalue weighted by Crippen LogP contribution is 2.29. The van der Waals surface area contributed by atoms with Gasteiger partial charge in [0.25, 0.3) is 6.10 Å². The van der Waals surface area contributed by atoms with Crippen LogP contribution < -0.4 is 4.74 Å². The Hall–Kier alpha value is -1.43. The molecule has 0 aliphatic carbocycles. The van der Waals surface area contributed by atoms with Crippen LogP contribution in [0.4, 0.5) is 0 Å². The SMILES string of the molecule is CCOC(=O)C1Oc2ncc(Br)cc2C1=O. The number of ketones is 1. The van der Waals surface area contributed by atoms with Crippen molar-refractivity contribution >= 4 is 27.7 Å². The second kappa shape index (κ2) is 4.21. The van der Waals surface area contributed by atoms with Crippen LogP contribution in [-0.2, 0) is 9.53 Å². The quantitative estimate of drug-likeness (QED) is 0.606. The third kappa shape index (κ3) is 1.80. The molecule has 1 unspecified atom stereocenters.